The first-order valence-electron chi connectivity index (χ1n) is 4.88. The number of hydrogen-bond acceptors (Lipinski definition) is 0. The fourth-order valence-corrected chi connectivity index (χ4v) is 2.97. The highest BCUT2D eigenvalue weighted by molar-refractivity contribution is 9.09. The van der Waals surface area contributed by atoms with Crippen LogP contribution < -0.4 is 0 Å². The highest BCUT2D eigenvalue weighted by atomic mass is 79.9. The Balaban J connectivity index is 2.40. The topological polar surface area (TPSA) is 0 Å². The molecule has 0 aromatic heterocycles. The third-order valence-electron chi connectivity index (χ3n) is 2.90. The Labute approximate surface area is 94.6 Å². The quantitative estimate of drug-likeness (QED) is 0.535. The van der Waals surface area contributed by atoms with E-state index in [-0.39, 0.29) is 16.3 Å². The number of rotatable bonds is 1. The first kappa shape index (κ1) is 11.0. The first-order valence-corrected chi connectivity index (χ1v) is 5.80. The zero-order valence-corrected chi connectivity index (χ0v) is 9.53. The maximum atomic E-state index is 13.5. The summed E-state index contributed by atoms with van der Waals surface area (Å²) in [4.78, 5) is 0.164. The van der Waals surface area contributed by atoms with Gasteiger partial charge in [0.2, 0.25) is 0 Å². The predicted molar refractivity (Wildman–Crippen MR) is 55.6 cm³/mol. The zero-order chi connectivity index (χ0) is 11.0. The van der Waals surface area contributed by atoms with Crippen LogP contribution in [-0.4, -0.2) is 4.83 Å². The lowest BCUT2D eigenvalue weighted by Crippen LogP contribution is -2.08. The van der Waals surface area contributed by atoms with Crippen LogP contribution in [0.5, 0.6) is 0 Å². The highest BCUT2D eigenvalue weighted by Crippen LogP contribution is 2.40. The van der Waals surface area contributed by atoms with Crippen LogP contribution in [-0.2, 0) is 0 Å². The third-order valence-corrected chi connectivity index (χ3v) is 3.99. The molecule has 1 fully saturated rings. The van der Waals surface area contributed by atoms with E-state index < -0.39 is 17.5 Å². The maximum Gasteiger partial charge on any atom is 0.194 e. The van der Waals surface area contributed by atoms with Gasteiger partial charge in [-0.05, 0) is 30.4 Å². The third kappa shape index (κ3) is 1.92. The van der Waals surface area contributed by atoms with E-state index in [2.05, 4.69) is 15.9 Å². The molecular formula is C11H10BrF3. The van der Waals surface area contributed by atoms with Crippen molar-refractivity contribution in [2.75, 3.05) is 0 Å². The molecule has 0 N–H and O–H groups in total. The minimum atomic E-state index is -1.36. The van der Waals surface area contributed by atoms with E-state index in [4.69, 9.17) is 0 Å². The Morgan fingerprint density at radius 1 is 1.07 bits per heavy atom. The average Bonchev–Trinajstić information content (AvgIpc) is 2.62. The molecule has 0 heterocycles. The van der Waals surface area contributed by atoms with Crippen LogP contribution in [0.2, 0.25) is 0 Å². The summed E-state index contributed by atoms with van der Waals surface area (Å²) in [6.07, 6.45) is 2.75. The summed E-state index contributed by atoms with van der Waals surface area (Å²) in [7, 11) is 0. The molecule has 0 saturated heterocycles. The molecule has 1 aliphatic rings. The van der Waals surface area contributed by atoms with Gasteiger partial charge in [-0.25, -0.2) is 13.2 Å². The smallest absolute Gasteiger partial charge is 0.194 e. The first-order chi connectivity index (χ1) is 7.11. The van der Waals surface area contributed by atoms with Gasteiger partial charge >= 0.3 is 0 Å². The van der Waals surface area contributed by atoms with Crippen LogP contribution in [0.1, 0.15) is 30.7 Å². The van der Waals surface area contributed by atoms with Crippen molar-refractivity contribution >= 4 is 15.9 Å². The molecule has 0 amide bonds. The maximum absolute atomic E-state index is 13.5. The van der Waals surface area contributed by atoms with Crippen molar-refractivity contribution in [3.8, 4) is 0 Å². The second-order valence-electron chi connectivity index (χ2n) is 3.82. The normalized spacial score (nSPS) is 25.9. The molecule has 2 unspecified atom stereocenters. The summed E-state index contributed by atoms with van der Waals surface area (Å²) in [5.41, 5.74) is 0.285. The summed E-state index contributed by atoms with van der Waals surface area (Å²) < 4.78 is 39.2. The molecule has 82 valence electrons. The van der Waals surface area contributed by atoms with Crippen molar-refractivity contribution in [1.29, 1.82) is 0 Å². The van der Waals surface area contributed by atoms with Gasteiger partial charge < -0.3 is 0 Å². The van der Waals surface area contributed by atoms with Gasteiger partial charge in [0.15, 0.2) is 17.5 Å². The van der Waals surface area contributed by atoms with Gasteiger partial charge in [0, 0.05) is 4.83 Å². The molecule has 1 aromatic rings. The summed E-state index contributed by atoms with van der Waals surface area (Å²) in [6.45, 7) is 0. The highest BCUT2D eigenvalue weighted by Gasteiger charge is 2.30. The second-order valence-corrected chi connectivity index (χ2v) is 4.99. The number of alkyl halides is 1. The predicted octanol–water partition coefficient (Wildman–Crippen LogP) is 4.13. The lowest BCUT2D eigenvalue weighted by Gasteiger charge is -2.15. The van der Waals surface area contributed by atoms with E-state index >= 15 is 0 Å². The number of benzene rings is 1. The number of hydrogen-bond donors (Lipinski definition) is 0. The minimum Gasteiger partial charge on any atom is -0.204 e. The largest absolute Gasteiger partial charge is 0.204 e. The molecule has 15 heavy (non-hydrogen) atoms. The number of halogens is 4. The van der Waals surface area contributed by atoms with Crippen molar-refractivity contribution in [3.05, 3.63) is 35.1 Å². The van der Waals surface area contributed by atoms with E-state index in [1.165, 1.54) is 6.07 Å². The fourth-order valence-electron chi connectivity index (χ4n) is 2.09. The molecule has 4 heteroatoms. The Morgan fingerprint density at radius 3 is 2.40 bits per heavy atom. The second kappa shape index (κ2) is 4.16. The van der Waals surface area contributed by atoms with Crippen LogP contribution >= 0.6 is 15.9 Å². The van der Waals surface area contributed by atoms with Gasteiger partial charge in [0.1, 0.15) is 0 Å². The Hall–Kier alpha value is -0.510. The van der Waals surface area contributed by atoms with E-state index in [1.54, 1.807) is 0 Å². The van der Waals surface area contributed by atoms with Crippen molar-refractivity contribution in [2.45, 2.75) is 30.0 Å². The molecule has 1 saturated carbocycles. The lowest BCUT2D eigenvalue weighted by atomic mass is 9.97. The molecule has 0 nitrogen and oxygen atoms in total. The molecule has 0 spiro atoms. The van der Waals surface area contributed by atoms with Crippen LogP contribution in [0.25, 0.3) is 0 Å². The fraction of sp³-hybridized carbons (Fsp3) is 0.455. The van der Waals surface area contributed by atoms with E-state index in [9.17, 15) is 13.2 Å². The van der Waals surface area contributed by atoms with E-state index in [0.29, 0.717) is 0 Å². The molecule has 2 rings (SSSR count). The summed E-state index contributed by atoms with van der Waals surface area (Å²) in [6, 6.07) is 2.34. The van der Waals surface area contributed by atoms with Crippen molar-refractivity contribution in [2.24, 2.45) is 0 Å². The molecule has 1 aliphatic carbocycles. The van der Waals surface area contributed by atoms with E-state index in [1.807, 2.05) is 0 Å². The van der Waals surface area contributed by atoms with E-state index in [0.717, 1.165) is 25.3 Å². The molecule has 1 aromatic carbocycles. The molecule has 0 radical (unpaired) electrons. The van der Waals surface area contributed by atoms with Crippen LogP contribution in [0.15, 0.2) is 12.1 Å². The van der Waals surface area contributed by atoms with Crippen molar-refractivity contribution < 1.29 is 13.2 Å². The Morgan fingerprint density at radius 2 is 1.80 bits per heavy atom. The summed E-state index contributed by atoms with van der Waals surface area (Å²) >= 11 is 3.44. The van der Waals surface area contributed by atoms with Crippen LogP contribution in [0, 0.1) is 17.5 Å². The Kier molecular flexibility index (Phi) is 3.05. The average molecular weight is 279 g/mol. The molecular weight excluding hydrogens is 269 g/mol. The lowest BCUT2D eigenvalue weighted by molar-refractivity contribution is 0.436. The summed E-state index contributed by atoms with van der Waals surface area (Å²) in [5, 5.41) is 0. The molecule has 2 atom stereocenters. The summed E-state index contributed by atoms with van der Waals surface area (Å²) in [5.74, 6) is -3.56. The minimum absolute atomic E-state index is 0.0416. The molecule has 0 aliphatic heterocycles. The van der Waals surface area contributed by atoms with Gasteiger partial charge in [0.05, 0.1) is 0 Å². The van der Waals surface area contributed by atoms with Gasteiger partial charge in [-0.3, -0.25) is 0 Å². The standard InChI is InChI=1S/C11H10BrF3/c12-8-3-1-2-6(8)7-4-5-9(13)11(15)10(7)14/h4-6,8H,1-3H2. The van der Waals surface area contributed by atoms with Gasteiger partial charge in [-0.1, -0.05) is 28.4 Å². The molecule has 0 bridgehead atoms. The van der Waals surface area contributed by atoms with Crippen molar-refractivity contribution in [1.82, 2.24) is 0 Å². The monoisotopic (exact) mass is 278 g/mol. The van der Waals surface area contributed by atoms with Gasteiger partial charge in [-0.2, -0.15) is 0 Å². The van der Waals surface area contributed by atoms with Crippen LogP contribution in [0.3, 0.4) is 0 Å². The van der Waals surface area contributed by atoms with Crippen LogP contribution in [0.4, 0.5) is 13.2 Å². The Bertz CT molecular complexity index is 378. The zero-order valence-electron chi connectivity index (χ0n) is 7.94. The van der Waals surface area contributed by atoms with Gasteiger partial charge in [0.25, 0.3) is 0 Å². The van der Waals surface area contributed by atoms with Crippen molar-refractivity contribution in [3.63, 3.8) is 0 Å². The van der Waals surface area contributed by atoms with Gasteiger partial charge in [-0.15, -0.1) is 0 Å². The SMILES string of the molecule is Fc1ccc(C2CCCC2Br)c(F)c1F.